The first-order valence-electron chi connectivity index (χ1n) is 4.65. The van der Waals surface area contributed by atoms with Gasteiger partial charge in [0.1, 0.15) is 0 Å². The van der Waals surface area contributed by atoms with E-state index in [-0.39, 0.29) is 18.6 Å². The second kappa shape index (κ2) is 6.86. The van der Waals surface area contributed by atoms with E-state index in [2.05, 4.69) is 24.5 Å². The molecule has 0 aliphatic heterocycles. The maximum Gasteiger partial charge on any atom is 0.233 e. The Hall–Kier alpha value is -0.610. The van der Waals surface area contributed by atoms with Crippen molar-refractivity contribution in [1.82, 2.24) is 10.6 Å². The molecule has 0 aliphatic carbocycles. The van der Waals surface area contributed by atoms with Gasteiger partial charge in [-0.15, -0.1) is 0 Å². The number of hydrogen-bond acceptors (Lipinski definition) is 3. The third kappa shape index (κ3) is 7.74. The average Bonchev–Trinajstić information content (AvgIpc) is 2.02. The smallest absolute Gasteiger partial charge is 0.233 e. The molecule has 0 saturated heterocycles. The minimum atomic E-state index is -0.357. The molecule has 78 valence electrons. The number of carbonyl (C=O) groups is 1. The molecule has 3 N–H and O–H groups in total. The summed E-state index contributed by atoms with van der Waals surface area (Å²) in [5.41, 5.74) is 0. The lowest BCUT2D eigenvalue weighted by atomic mass is 10.1. The molecule has 0 aromatic heterocycles. The minimum Gasteiger partial charge on any atom is -0.392 e. The lowest BCUT2D eigenvalue weighted by Gasteiger charge is -2.13. The molecule has 13 heavy (non-hydrogen) atoms. The summed E-state index contributed by atoms with van der Waals surface area (Å²) >= 11 is 0. The molecule has 4 nitrogen and oxygen atoms in total. The van der Waals surface area contributed by atoms with Crippen molar-refractivity contribution in [2.45, 2.75) is 26.4 Å². The highest BCUT2D eigenvalue weighted by atomic mass is 16.3. The summed E-state index contributed by atoms with van der Waals surface area (Å²) in [6, 6.07) is 0. The van der Waals surface area contributed by atoms with Crippen molar-refractivity contribution in [3.8, 4) is 0 Å². The molecule has 0 aliphatic rings. The summed E-state index contributed by atoms with van der Waals surface area (Å²) < 4.78 is 0. The highest BCUT2D eigenvalue weighted by Gasteiger charge is 2.06. The van der Waals surface area contributed by atoms with E-state index in [9.17, 15) is 9.90 Å². The number of aliphatic hydroxyl groups is 1. The highest BCUT2D eigenvalue weighted by Crippen LogP contribution is 2.02. The third-order valence-corrected chi connectivity index (χ3v) is 1.69. The Balaban J connectivity index is 3.36. The van der Waals surface area contributed by atoms with Crippen LogP contribution in [0.3, 0.4) is 0 Å². The Morgan fingerprint density at radius 1 is 1.46 bits per heavy atom. The standard InChI is InChI=1S/C9H20N2O2/c1-7(2)4-8(12)5-11-6-9(13)10-3/h7-8,11-12H,4-6H2,1-3H3,(H,10,13). The maximum atomic E-state index is 10.8. The third-order valence-electron chi connectivity index (χ3n) is 1.69. The Kier molecular flexibility index (Phi) is 6.54. The Labute approximate surface area is 79.7 Å². The fraction of sp³-hybridized carbons (Fsp3) is 0.889. The van der Waals surface area contributed by atoms with Crippen LogP contribution in [0.2, 0.25) is 0 Å². The van der Waals surface area contributed by atoms with E-state index in [0.717, 1.165) is 6.42 Å². The number of amides is 1. The number of hydrogen-bond donors (Lipinski definition) is 3. The van der Waals surface area contributed by atoms with E-state index < -0.39 is 0 Å². The lowest BCUT2D eigenvalue weighted by molar-refractivity contribution is -0.119. The molecule has 0 aromatic rings. The molecule has 0 bridgehead atoms. The van der Waals surface area contributed by atoms with E-state index in [4.69, 9.17) is 0 Å². The summed E-state index contributed by atoms with van der Waals surface area (Å²) in [6.07, 6.45) is 0.408. The van der Waals surface area contributed by atoms with E-state index >= 15 is 0 Å². The number of carbonyl (C=O) groups excluding carboxylic acids is 1. The molecular weight excluding hydrogens is 168 g/mol. The summed E-state index contributed by atoms with van der Waals surface area (Å²) in [4.78, 5) is 10.8. The van der Waals surface area contributed by atoms with Gasteiger partial charge in [-0.3, -0.25) is 4.79 Å². The summed E-state index contributed by atoms with van der Waals surface area (Å²) in [5, 5.41) is 14.8. The average molecular weight is 188 g/mol. The van der Waals surface area contributed by atoms with Crippen LogP contribution in [0.15, 0.2) is 0 Å². The molecule has 0 rings (SSSR count). The van der Waals surface area contributed by atoms with Crippen molar-refractivity contribution < 1.29 is 9.90 Å². The first-order valence-corrected chi connectivity index (χ1v) is 4.65. The monoisotopic (exact) mass is 188 g/mol. The second-order valence-corrected chi connectivity index (χ2v) is 3.59. The van der Waals surface area contributed by atoms with Gasteiger partial charge in [0.05, 0.1) is 12.6 Å². The maximum absolute atomic E-state index is 10.8. The summed E-state index contributed by atoms with van der Waals surface area (Å²) in [6.45, 7) is 4.86. The van der Waals surface area contributed by atoms with Crippen LogP contribution in [0.25, 0.3) is 0 Å². The molecule has 0 heterocycles. The van der Waals surface area contributed by atoms with Gasteiger partial charge < -0.3 is 15.7 Å². The zero-order chi connectivity index (χ0) is 10.3. The molecule has 0 fully saturated rings. The van der Waals surface area contributed by atoms with Crippen LogP contribution in [0.1, 0.15) is 20.3 Å². The topological polar surface area (TPSA) is 61.4 Å². The first kappa shape index (κ1) is 12.4. The molecule has 1 unspecified atom stereocenters. The van der Waals surface area contributed by atoms with Gasteiger partial charge in [-0.25, -0.2) is 0 Å². The quantitative estimate of drug-likeness (QED) is 0.537. The van der Waals surface area contributed by atoms with Crippen molar-refractivity contribution in [2.24, 2.45) is 5.92 Å². The SMILES string of the molecule is CNC(=O)CNCC(O)CC(C)C. The zero-order valence-corrected chi connectivity index (χ0v) is 8.63. The fourth-order valence-electron chi connectivity index (χ4n) is 1.07. The van der Waals surface area contributed by atoms with Crippen LogP contribution in [0.4, 0.5) is 0 Å². The van der Waals surface area contributed by atoms with Gasteiger partial charge in [0.15, 0.2) is 0 Å². The largest absolute Gasteiger partial charge is 0.392 e. The zero-order valence-electron chi connectivity index (χ0n) is 8.63. The van der Waals surface area contributed by atoms with E-state index in [1.165, 1.54) is 0 Å². The van der Waals surface area contributed by atoms with Crippen LogP contribution in [-0.2, 0) is 4.79 Å². The van der Waals surface area contributed by atoms with E-state index in [1.54, 1.807) is 7.05 Å². The van der Waals surface area contributed by atoms with Crippen LogP contribution in [0, 0.1) is 5.92 Å². The molecule has 0 radical (unpaired) electrons. The van der Waals surface area contributed by atoms with Gasteiger partial charge in [-0.1, -0.05) is 13.8 Å². The molecule has 0 spiro atoms. The number of nitrogens with one attached hydrogen (secondary N) is 2. The molecule has 4 heteroatoms. The van der Waals surface area contributed by atoms with Gasteiger partial charge in [-0.2, -0.15) is 0 Å². The van der Waals surface area contributed by atoms with Gasteiger partial charge in [0, 0.05) is 13.6 Å². The van der Waals surface area contributed by atoms with Crippen molar-refractivity contribution in [2.75, 3.05) is 20.1 Å². The van der Waals surface area contributed by atoms with Crippen LogP contribution in [-0.4, -0.2) is 37.3 Å². The van der Waals surface area contributed by atoms with E-state index in [1.807, 2.05) is 0 Å². The first-order chi connectivity index (χ1) is 6.06. The minimum absolute atomic E-state index is 0.0586. The number of likely N-dealkylation sites (N-methyl/N-ethyl adjacent to an activating group) is 1. The van der Waals surface area contributed by atoms with Crippen molar-refractivity contribution >= 4 is 5.91 Å². The summed E-state index contributed by atoms with van der Waals surface area (Å²) in [5.74, 6) is 0.425. The lowest BCUT2D eigenvalue weighted by Crippen LogP contribution is -2.36. The Morgan fingerprint density at radius 3 is 2.54 bits per heavy atom. The molecule has 0 aromatic carbocycles. The number of rotatable bonds is 6. The predicted octanol–water partition coefficient (Wildman–Crippen LogP) is -0.271. The van der Waals surface area contributed by atoms with Gasteiger partial charge >= 0.3 is 0 Å². The van der Waals surface area contributed by atoms with Crippen LogP contribution >= 0.6 is 0 Å². The van der Waals surface area contributed by atoms with Crippen LogP contribution < -0.4 is 10.6 Å². The van der Waals surface area contributed by atoms with Crippen molar-refractivity contribution in [3.63, 3.8) is 0 Å². The number of aliphatic hydroxyl groups excluding tert-OH is 1. The molecule has 0 saturated carbocycles. The van der Waals surface area contributed by atoms with Gasteiger partial charge in [-0.05, 0) is 12.3 Å². The Bertz CT molecular complexity index is 149. The molecule has 1 atom stereocenters. The molecular formula is C9H20N2O2. The summed E-state index contributed by atoms with van der Waals surface area (Å²) in [7, 11) is 1.59. The van der Waals surface area contributed by atoms with E-state index in [0.29, 0.717) is 12.5 Å². The second-order valence-electron chi connectivity index (χ2n) is 3.59. The predicted molar refractivity (Wildman–Crippen MR) is 52.4 cm³/mol. The fourth-order valence-corrected chi connectivity index (χ4v) is 1.07. The van der Waals surface area contributed by atoms with Gasteiger partial charge in [0.2, 0.25) is 5.91 Å². The van der Waals surface area contributed by atoms with Crippen molar-refractivity contribution in [1.29, 1.82) is 0 Å². The van der Waals surface area contributed by atoms with Crippen molar-refractivity contribution in [3.05, 3.63) is 0 Å². The normalized spacial score (nSPS) is 13.0. The Morgan fingerprint density at radius 2 is 2.08 bits per heavy atom. The van der Waals surface area contributed by atoms with Gasteiger partial charge in [0.25, 0.3) is 0 Å². The highest BCUT2D eigenvalue weighted by molar-refractivity contribution is 5.77. The molecule has 1 amide bonds. The van der Waals surface area contributed by atoms with Crippen LogP contribution in [0.5, 0.6) is 0 Å².